The van der Waals surface area contributed by atoms with Crippen molar-refractivity contribution in [3.05, 3.63) is 170 Å². The van der Waals surface area contributed by atoms with Gasteiger partial charge in [-0.25, -0.2) is 29.9 Å². The summed E-state index contributed by atoms with van der Waals surface area (Å²) in [6.07, 6.45) is 0. The highest BCUT2D eigenvalue weighted by Gasteiger charge is 2.25. The maximum atomic E-state index is 6.37. The van der Waals surface area contributed by atoms with Crippen molar-refractivity contribution in [2.45, 2.75) is 0 Å². The predicted octanol–water partition coefficient (Wildman–Crippen LogP) is 13.1. The Morgan fingerprint density at radius 1 is 0.207 bits per heavy atom. The molecule has 0 amide bonds. The van der Waals surface area contributed by atoms with E-state index in [1.54, 1.807) is 0 Å². The molecule has 610 valence electrons. The van der Waals surface area contributed by atoms with E-state index in [2.05, 4.69) is 9.97 Å². The number of hydrogen-bond acceptors (Lipinski definition) is 26. The molecule has 8 aromatic carbocycles. The van der Waals surface area contributed by atoms with Gasteiger partial charge in [-0.1, -0.05) is 24.3 Å². The molecule has 116 heavy (non-hydrogen) atoms. The molecule has 0 fully saturated rings. The molecule has 0 aliphatic carbocycles. The molecule has 8 bridgehead atoms. The van der Waals surface area contributed by atoms with Gasteiger partial charge in [0.05, 0.1) is 106 Å². The van der Waals surface area contributed by atoms with Gasteiger partial charge in [0, 0.05) is 147 Å². The normalized spacial score (nSPS) is 11.5. The Kier molecular flexibility index (Phi) is 29.9. The highest BCUT2D eigenvalue weighted by molar-refractivity contribution is 6.07. The number of aromatic amines is 2. The van der Waals surface area contributed by atoms with E-state index in [1.165, 1.54) is 0 Å². The standard InChI is InChI=1S/C88H102N12O16/c1-97(2)61-13-9-17-65(53-61)109-45-37-101-29-33-105-41-49-113-69-21-25-73-77(57-69)85-89-81(73)94-86-79-59-71(115-51-43-107-35-31-103-39-47-111-67-19-11-15-63(55-67)99(5)6)23-27-75(79)83(91-86)96-88-80-60-72(116-52-44-108-36-32-104-40-48-112-68-20-12-16-64(56-68)100(7)8)24-28-76(80)84(92-88)95-87-78-58-70(22-26-74(78)82(90-87)93-85)114-50-42-106-34-30-102-38-46-110-66-18-10-14-62(54-66)98(3)4/h9-28,53-60H,29-52H2,1-8H3,(H2,89,90,91,92,93,94,95,96). The highest BCUT2D eigenvalue weighted by atomic mass is 16.6. The number of aromatic nitrogens is 8. The molecule has 2 aliphatic heterocycles. The first-order valence-corrected chi connectivity index (χ1v) is 39.0. The number of fused-ring (bicyclic) bond motifs is 20. The van der Waals surface area contributed by atoms with Gasteiger partial charge in [-0.15, -0.1) is 0 Å². The number of H-pyrrole nitrogens is 2. The molecule has 11 aromatic rings. The number of benzene rings is 8. The van der Waals surface area contributed by atoms with E-state index >= 15 is 0 Å². The van der Waals surface area contributed by atoms with Gasteiger partial charge in [-0.2, -0.15) is 0 Å². The van der Waals surface area contributed by atoms with Crippen LogP contribution in [0, 0.1) is 0 Å². The first-order valence-electron chi connectivity index (χ1n) is 39.0. The molecular weight excluding hydrogens is 1480 g/mol. The molecule has 2 aliphatic rings. The van der Waals surface area contributed by atoms with E-state index in [9.17, 15) is 0 Å². The number of nitrogens with one attached hydrogen (secondary N) is 2. The van der Waals surface area contributed by atoms with E-state index in [4.69, 9.17) is 106 Å². The van der Waals surface area contributed by atoms with Gasteiger partial charge in [0.1, 0.15) is 121 Å². The number of anilines is 4. The smallest absolute Gasteiger partial charge is 0.164 e. The Balaban J connectivity index is 0.740. The summed E-state index contributed by atoms with van der Waals surface area (Å²) in [5.41, 5.74) is 8.92. The quantitative estimate of drug-likeness (QED) is 0.0335. The number of ether oxygens (including phenoxy) is 16. The Labute approximate surface area is 675 Å². The van der Waals surface area contributed by atoms with Crippen LogP contribution in [-0.2, 0) is 37.9 Å². The van der Waals surface area contributed by atoms with Gasteiger partial charge >= 0.3 is 0 Å². The fraction of sp³-hybridized carbons (Fsp3) is 0.364. The molecule has 13 rings (SSSR count). The third-order valence-electron chi connectivity index (χ3n) is 18.5. The van der Waals surface area contributed by atoms with Crippen LogP contribution in [0.15, 0.2) is 170 Å². The number of nitrogens with zero attached hydrogens (tertiary/aromatic N) is 10. The highest BCUT2D eigenvalue weighted by Crippen LogP contribution is 2.41. The first kappa shape index (κ1) is 82.4. The summed E-state index contributed by atoms with van der Waals surface area (Å²) < 4.78 is 96.2. The van der Waals surface area contributed by atoms with Crippen molar-refractivity contribution in [3.8, 4) is 91.5 Å². The SMILES string of the molecule is CN(C)c1cccc(OCCOCCOCCOc2ccc3c(c2)-c2nc-3nc3[nH]c(nc4nc(nc5[nH]c(n2)c2ccc(OCCOCCOCCOc6cccc(N(C)C)c6)cc52)-c2ccc(OCCOCCOCCOc5cccc(N(C)C)c5)cc2-4)c2ccc(OCCOCCOCCOc4cccc(N(C)C)c4)cc32)c1. The Hall–Kier alpha value is -11.6. The topological polar surface area (TPSA) is 270 Å². The van der Waals surface area contributed by atoms with Crippen LogP contribution in [0.4, 0.5) is 22.7 Å². The summed E-state index contributed by atoms with van der Waals surface area (Å²) in [4.78, 5) is 47.1. The minimum Gasteiger partial charge on any atom is -0.491 e. The van der Waals surface area contributed by atoms with Gasteiger partial charge in [0.2, 0.25) is 0 Å². The van der Waals surface area contributed by atoms with Crippen molar-refractivity contribution in [2.75, 3.05) is 235 Å². The van der Waals surface area contributed by atoms with Crippen LogP contribution in [0.3, 0.4) is 0 Å². The summed E-state index contributed by atoms with van der Waals surface area (Å²) in [6.45, 7) is 8.79. The maximum absolute atomic E-state index is 6.37. The zero-order chi connectivity index (χ0) is 80.2. The molecule has 0 spiro atoms. The molecule has 0 radical (unpaired) electrons. The van der Waals surface area contributed by atoms with Crippen LogP contribution >= 0.6 is 0 Å². The molecule has 28 nitrogen and oxygen atoms in total. The fourth-order valence-corrected chi connectivity index (χ4v) is 12.5. The second kappa shape index (κ2) is 42.1. The van der Waals surface area contributed by atoms with Gasteiger partial charge in [-0.3, -0.25) is 0 Å². The van der Waals surface area contributed by atoms with Crippen LogP contribution in [0.25, 0.3) is 89.7 Å². The molecule has 3 aromatic heterocycles. The zero-order valence-electron chi connectivity index (χ0n) is 67.1. The van der Waals surface area contributed by atoms with Gasteiger partial charge in [0.25, 0.3) is 0 Å². The molecule has 0 saturated heterocycles. The van der Waals surface area contributed by atoms with Crippen molar-refractivity contribution in [1.29, 1.82) is 0 Å². The van der Waals surface area contributed by atoms with Crippen LogP contribution in [-0.4, -0.2) is 255 Å². The molecule has 2 N–H and O–H groups in total. The van der Waals surface area contributed by atoms with Crippen molar-refractivity contribution in [2.24, 2.45) is 0 Å². The monoisotopic (exact) mass is 1580 g/mol. The van der Waals surface area contributed by atoms with Crippen LogP contribution in [0.2, 0.25) is 0 Å². The van der Waals surface area contributed by atoms with E-state index in [-0.39, 0.29) is 26.4 Å². The lowest BCUT2D eigenvalue weighted by molar-refractivity contribution is 0.0274. The molecule has 28 heteroatoms. The third kappa shape index (κ3) is 23.3. The summed E-state index contributed by atoms with van der Waals surface area (Å²) in [6, 6.07) is 54.8. The van der Waals surface area contributed by atoms with Crippen LogP contribution in [0.1, 0.15) is 0 Å². The van der Waals surface area contributed by atoms with E-state index in [1.807, 2.05) is 246 Å². The molecule has 0 atom stereocenters. The maximum Gasteiger partial charge on any atom is 0.164 e. The average molecular weight is 1580 g/mol. The summed E-state index contributed by atoms with van der Waals surface area (Å²) in [5.74, 6) is 7.01. The summed E-state index contributed by atoms with van der Waals surface area (Å²) in [7, 11) is 16.0. The second-order valence-corrected chi connectivity index (χ2v) is 27.7. The van der Waals surface area contributed by atoms with Crippen molar-refractivity contribution < 1.29 is 75.8 Å². The number of hydrogen-bond donors (Lipinski definition) is 2. The Morgan fingerprint density at radius 3 is 0.681 bits per heavy atom. The zero-order valence-corrected chi connectivity index (χ0v) is 67.1. The van der Waals surface area contributed by atoms with Crippen molar-refractivity contribution in [1.82, 2.24) is 39.9 Å². The third-order valence-corrected chi connectivity index (χ3v) is 18.5. The number of rotatable bonds is 48. The van der Waals surface area contributed by atoms with E-state index in [0.717, 1.165) is 56.5 Å². The predicted molar refractivity (Wildman–Crippen MR) is 450 cm³/mol. The molecular formula is C88H102N12O16. The minimum atomic E-state index is 0.267. The lowest BCUT2D eigenvalue weighted by atomic mass is 10.1. The molecule has 5 heterocycles. The fourth-order valence-electron chi connectivity index (χ4n) is 12.5. The largest absolute Gasteiger partial charge is 0.491 e. The Morgan fingerprint density at radius 2 is 0.422 bits per heavy atom. The summed E-state index contributed by atoms with van der Waals surface area (Å²) in [5, 5.41) is 2.90. The van der Waals surface area contributed by atoms with E-state index < -0.39 is 0 Å². The average Bonchev–Trinajstić information content (AvgIpc) is 1.60. The van der Waals surface area contributed by atoms with Crippen LogP contribution < -0.4 is 57.5 Å². The van der Waals surface area contributed by atoms with Crippen LogP contribution in [0.5, 0.6) is 46.0 Å². The molecule has 0 saturated carbocycles. The van der Waals surface area contributed by atoms with E-state index in [0.29, 0.717) is 234 Å². The van der Waals surface area contributed by atoms with Gasteiger partial charge < -0.3 is 105 Å². The van der Waals surface area contributed by atoms with Gasteiger partial charge in [-0.05, 0) is 121 Å². The lowest BCUT2D eigenvalue weighted by Crippen LogP contribution is -2.13. The molecule has 0 unspecified atom stereocenters. The van der Waals surface area contributed by atoms with Crippen molar-refractivity contribution >= 4 is 66.9 Å². The van der Waals surface area contributed by atoms with Crippen molar-refractivity contribution in [3.63, 3.8) is 0 Å². The minimum absolute atomic E-state index is 0.267. The second-order valence-electron chi connectivity index (χ2n) is 27.7. The van der Waals surface area contributed by atoms with Gasteiger partial charge in [0.15, 0.2) is 23.3 Å². The first-order chi connectivity index (χ1) is 56.8. The Bertz CT molecular complexity index is 4860. The lowest BCUT2D eigenvalue weighted by Gasteiger charge is -2.14. The summed E-state index contributed by atoms with van der Waals surface area (Å²) >= 11 is 0.